The van der Waals surface area contributed by atoms with E-state index in [-0.39, 0.29) is 24.8 Å². The fourth-order valence-corrected chi connectivity index (χ4v) is 4.21. The van der Waals surface area contributed by atoms with Crippen LogP contribution in [-0.4, -0.2) is 64.5 Å². The van der Waals surface area contributed by atoms with Gasteiger partial charge >= 0.3 is 0 Å². The van der Waals surface area contributed by atoms with Gasteiger partial charge in [-0.25, -0.2) is 4.98 Å². The predicted octanol–water partition coefficient (Wildman–Crippen LogP) is 2.65. The molecule has 0 aliphatic carbocycles. The van der Waals surface area contributed by atoms with E-state index in [1.165, 1.54) is 16.9 Å². The number of carbonyl (C=O) groups excluding carboxylic acids is 2. The van der Waals surface area contributed by atoms with E-state index >= 15 is 0 Å². The molecule has 1 aliphatic rings. The second-order valence-electron chi connectivity index (χ2n) is 8.04. The van der Waals surface area contributed by atoms with Crippen molar-refractivity contribution in [3.8, 4) is 5.75 Å². The first-order valence-corrected chi connectivity index (χ1v) is 11.7. The Morgan fingerprint density at radius 2 is 1.91 bits per heavy atom. The predicted molar refractivity (Wildman–Crippen MR) is 124 cm³/mol. The molecule has 0 atom stereocenters. The van der Waals surface area contributed by atoms with Crippen LogP contribution in [0.5, 0.6) is 5.75 Å². The number of amides is 2. The van der Waals surface area contributed by atoms with E-state index in [0.717, 1.165) is 16.5 Å². The molecule has 0 bridgehead atoms. The molecule has 10 heteroatoms. The Kier molecular flexibility index (Phi) is 7.36. The number of hydrogen-bond acceptors (Lipinski definition) is 8. The van der Waals surface area contributed by atoms with Crippen molar-refractivity contribution < 1.29 is 18.8 Å². The minimum Gasteiger partial charge on any atom is -0.486 e. The highest BCUT2D eigenvalue weighted by Gasteiger charge is 2.23. The summed E-state index contributed by atoms with van der Waals surface area (Å²) in [6.07, 6.45) is 0.271. The van der Waals surface area contributed by atoms with E-state index in [2.05, 4.69) is 15.5 Å². The normalized spacial score (nSPS) is 14.3. The number of nitrogens with zero attached hydrogens (tertiary/aromatic N) is 4. The third-order valence-electron chi connectivity index (χ3n) is 5.30. The van der Waals surface area contributed by atoms with Crippen molar-refractivity contribution in [1.82, 2.24) is 19.9 Å². The van der Waals surface area contributed by atoms with E-state index in [0.29, 0.717) is 44.4 Å². The molecule has 0 unspecified atom stereocenters. The lowest BCUT2D eigenvalue weighted by Crippen LogP contribution is -2.50. The van der Waals surface area contributed by atoms with Crippen LogP contribution in [0.2, 0.25) is 0 Å². The van der Waals surface area contributed by atoms with Crippen molar-refractivity contribution in [2.75, 3.05) is 38.0 Å². The second-order valence-corrected chi connectivity index (χ2v) is 8.98. The summed E-state index contributed by atoms with van der Waals surface area (Å²) < 4.78 is 10.7. The molecule has 0 radical (unpaired) electrons. The van der Waals surface area contributed by atoms with E-state index in [9.17, 15) is 9.59 Å². The summed E-state index contributed by atoms with van der Waals surface area (Å²) in [4.78, 5) is 33.3. The average molecular weight is 470 g/mol. The molecular formula is C23H27N5O4S. The number of anilines is 1. The summed E-state index contributed by atoms with van der Waals surface area (Å²) in [5, 5.41) is 9.24. The molecule has 9 nitrogen and oxygen atoms in total. The summed E-state index contributed by atoms with van der Waals surface area (Å²) in [6, 6.07) is 9.56. The number of aryl methyl sites for hydroxylation is 2. The summed E-state index contributed by atoms with van der Waals surface area (Å²) in [6.45, 7) is 6.90. The second kappa shape index (κ2) is 10.6. The number of aromatic nitrogens is 2. The van der Waals surface area contributed by atoms with Crippen LogP contribution in [0.25, 0.3) is 0 Å². The highest BCUT2D eigenvalue weighted by atomic mass is 32.1. The molecule has 2 aromatic heterocycles. The van der Waals surface area contributed by atoms with Crippen molar-refractivity contribution in [3.05, 3.63) is 57.7 Å². The highest BCUT2D eigenvalue weighted by molar-refractivity contribution is 7.09. The summed E-state index contributed by atoms with van der Waals surface area (Å²) in [7, 11) is 0. The minimum absolute atomic E-state index is 0.0495. The molecule has 174 valence electrons. The van der Waals surface area contributed by atoms with Gasteiger partial charge in [0.15, 0.2) is 5.82 Å². The van der Waals surface area contributed by atoms with Crippen LogP contribution < -0.4 is 10.1 Å². The molecule has 0 saturated carbocycles. The van der Waals surface area contributed by atoms with Gasteiger partial charge < -0.3 is 19.5 Å². The lowest BCUT2D eigenvalue weighted by molar-refractivity contribution is -0.132. The zero-order chi connectivity index (χ0) is 23.2. The van der Waals surface area contributed by atoms with Crippen molar-refractivity contribution in [2.45, 2.75) is 26.9 Å². The molecule has 1 N–H and O–H groups in total. The summed E-state index contributed by atoms with van der Waals surface area (Å²) >= 11 is 1.50. The fraction of sp³-hybridized carbons (Fsp3) is 0.391. The van der Waals surface area contributed by atoms with E-state index < -0.39 is 0 Å². The smallest absolute Gasteiger partial charge is 0.239 e. The van der Waals surface area contributed by atoms with Crippen LogP contribution in [-0.2, 0) is 22.6 Å². The number of ether oxygens (including phenoxy) is 1. The number of hydrogen-bond donors (Lipinski definition) is 1. The maximum atomic E-state index is 12.7. The van der Waals surface area contributed by atoms with E-state index in [1.54, 1.807) is 13.0 Å². The van der Waals surface area contributed by atoms with Gasteiger partial charge in [0.05, 0.1) is 18.7 Å². The molecule has 4 rings (SSSR count). The van der Waals surface area contributed by atoms with Crippen molar-refractivity contribution >= 4 is 29.0 Å². The average Bonchev–Trinajstić information content (AvgIpc) is 3.42. The van der Waals surface area contributed by atoms with Crippen molar-refractivity contribution in [3.63, 3.8) is 0 Å². The van der Waals surface area contributed by atoms with Crippen molar-refractivity contribution in [2.24, 2.45) is 0 Å². The summed E-state index contributed by atoms with van der Waals surface area (Å²) in [5.41, 5.74) is 1.94. The molecule has 33 heavy (non-hydrogen) atoms. The maximum absolute atomic E-state index is 12.7. The van der Waals surface area contributed by atoms with Gasteiger partial charge in [-0.3, -0.25) is 14.5 Å². The largest absolute Gasteiger partial charge is 0.486 e. The van der Waals surface area contributed by atoms with Gasteiger partial charge in [-0.15, -0.1) is 11.3 Å². The summed E-state index contributed by atoms with van der Waals surface area (Å²) in [5.74, 6) is 1.76. The Labute approximate surface area is 196 Å². The van der Waals surface area contributed by atoms with Crippen molar-refractivity contribution in [1.29, 1.82) is 0 Å². The highest BCUT2D eigenvalue weighted by Crippen LogP contribution is 2.17. The van der Waals surface area contributed by atoms with Gasteiger partial charge in [-0.1, -0.05) is 22.9 Å². The molecule has 2 amide bonds. The lowest BCUT2D eigenvalue weighted by atomic mass is 10.2. The Morgan fingerprint density at radius 3 is 2.61 bits per heavy atom. The van der Waals surface area contributed by atoms with Gasteiger partial charge in [0.1, 0.15) is 23.1 Å². The first-order chi connectivity index (χ1) is 15.9. The first kappa shape index (κ1) is 22.9. The molecule has 1 aliphatic heterocycles. The Bertz CT molecular complexity index is 1090. The van der Waals surface area contributed by atoms with Crippen LogP contribution in [0.15, 0.2) is 40.2 Å². The zero-order valence-electron chi connectivity index (χ0n) is 18.7. The standard InChI is InChI=1S/C23H27N5O4S/c1-16-3-5-19(6-4-16)31-14-22-24-18(15-33-22)12-23(30)28-9-7-27(8-10-28)13-21(29)25-20-11-17(2)32-26-20/h3-6,11,15H,7-10,12-14H2,1-2H3,(H,25,26,29). The minimum atomic E-state index is -0.147. The van der Waals surface area contributed by atoms with Gasteiger partial charge in [0.2, 0.25) is 11.8 Å². The van der Waals surface area contributed by atoms with E-state index in [4.69, 9.17) is 9.26 Å². The lowest BCUT2D eigenvalue weighted by Gasteiger charge is -2.34. The van der Waals surface area contributed by atoms with Crippen LogP contribution in [0.4, 0.5) is 5.82 Å². The van der Waals surface area contributed by atoms with Gasteiger partial charge in [-0.2, -0.15) is 0 Å². The van der Waals surface area contributed by atoms with E-state index in [1.807, 2.05) is 46.4 Å². The van der Waals surface area contributed by atoms with Gasteiger partial charge in [0, 0.05) is 37.6 Å². The van der Waals surface area contributed by atoms with Crippen LogP contribution in [0.3, 0.4) is 0 Å². The molecule has 0 spiro atoms. The Hall–Kier alpha value is -3.24. The quantitative estimate of drug-likeness (QED) is 0.541. The monoisotopic (exact) mass is 469 g/mol. The molecular weight excluding hydrogens is 442 g/mol. The number of piperazine rings is 1. The molecule has 1 saturated heterocycles. The zero-order valence-corrected chi connectivity index (χ0v) is 19.6. The molecule has 3 aromatic rings. The topological polar surface area (TPSA) is 101 Å². The third-order valence-corrected chi connectivity index (χ3v) is 6.17. The number of carbonyl (C=O) groups is 2. The molecule has 1 fully saturated rings. The fourth-order valence-electron chi connectivity index (χ4n) is 3.51. The SMILES string of the molecule is Cc1ccc(OCc2nc(CC(=O)N3CCN(CC(=O)Nc4cc(C)on4)CC3)cs2)cc1. The molecule has 1 aromatic carbocycles. The Balaban J connectivity index is 1.18. The van der Waals surface area contributed by atoms with Gasteiger partial charge in [0.25, 0.3) is 0 Å². The maximum Gasteiger partial charge on any atom is 0.239 e. The van der Waals surface area contributed by atoms with Crippen LogP contribution in [0, 0.1) is 13.8 Å². The number of thiazole rings is 1. The third kappa shape index (κ3) is 6.62. The van der Waals surface area contributed by atoms with Crippen LogP contribution in [0.1, 0.15) is 22.0 Å². The van der Waals surface area contributed by atoms with Crippen LogP contribution >= 0.6 is 11.3 Å². The first-order valence-electron chi connectivity index (χ1n) is 10.8. The Morgan fingerprint density at radius 1 is 1.15 bits per heavy atom. The number of nitrogens with one attached hydrogen (secondary N) is 1. The molecule has 3 heterocycles. The van der Waals surface area contributed by atoms with Gasteiger partial charge in [-0.05, 0) is 26.0 Å². The number of benzene rings is 1. The number of rotatable bonds is 8.